The lowest BCUT2D eigenvalue weighted by Crippen LogP contribution is -2.34. The number of nitrogens with zero attached hydrogens (tertiary/aromatic N) is 1. The van der Waals surface area contributed by atoms with Crippen LogP contribution in [0.15, 0.2) is 24.3 Å². The third kappa shape index (κ3) is 4.15. The number of hydrogen-bond donors (Lipinski definition) is 1. The van der Waals surface area contributed by atoms with E-state index in [1.165, 1.54) is 23.1 Å². The Morgan fingerprint density at radius 2 is 2.05 bits per heavy atom. The first kappa shape index (κ1) is 15.7. The van der Waals surface area contributed by atoms with Gasteiger partial charge < -0.3 is 9.64 Å². The first-order valence-electron chi connectivity index (χ1n) is 6.30. The Kier molecular flexibility index (Phi) is 4.79. The number of nitrogens with one attached hydrogen (secondary N) is 1. The van der Waals surface area contributed by atoms with Crippen LogP contribution in [-0.2, 0) is 9.53 Å². The van der Waals surface area contributed by atoms with Crippen LogP contribution in [0.3, 0.4) is 0 Å². The fraction of sp³-hybridized carbons (Fsp3) is 0.462. The number of rotatable bonds is 5. The van der Waals surface area contributed by atoms with Gasteiger partial charge in [-0.3, -0.25) is 10.1 Å². The number of amides is 1. The van der Waals surface area contributed by atoms with E-state index in [1.807, 2.05) is 0 Å². The number of hydrogen-bond acceptors (Lipinski definition) is 3. The summed E-state index contributed by atoms with van der Waals surface area (Å²) in [6, 6.07) is 5.93. The number of halogens is 4. The Labute approximate surface area is 118 Å². The van der Waals surface area contributed by atoms with Gasteiger partial charge in [-0.2, -0.15) is 13.2 Å². The number of alkyl halides is 3. The quantitative estimate of drug-likeness (QED) is 0.666. The molecular weight excluding hydrogens is 292 g/mol. The highest BCUT2D eigenvalue weighted by molar-refractivity contribution is 5.80. The van der Waals surface area contributed by atoms with Crippen LogP contribution in [0.4, 0.5) is 17.6 Å². The average molecular weight is 306 g/mol. The third-order valence-electron chi connectivity index (χ3n) is 3.02. The minimum absolute atomic E-state index is 0.0122. The molecule has 1 aromatic rings. The molecule has 1 aliphatic heterocycles. The molecular formula is C13H14F4N2O2. The van der Waals surface area contributed by atoms with Crippen molar-refractivity contribution in [3.8, 4) is 0 Å². The molecule has 1 unspecified atom stereocenters. The van der Waals surface area contributed by atoms with E-state index in [-0.39, 0.29) is 31.2 Å². The standard InChI is InChI=1S/C13H14F4N2O2/c14-10-4-2-1-3-9(10)12-18-7-11(20)19(12)5-6-21-8-13(15,16)17/h1-4,12,18H,5-8H2. The molecule has 116 valence electrons. The number of ether oxygens (including phenoxy) is 1. The second kappa shape index (κ2) is 6.40. The lowest BCUT2D eigenvalue weighted by molar-refractivity contribution is -0.175. The van der Waals surface area contributed by atoms with Crippen molar-refractivity contribution in [2.45, 2.75) is 12.3 Å². The van der Waals surface area contributed by atoms with Gasteiger partial charge in [-0.1, -0.05) is 18.2 Å². The summed E-state index contributed by atoms with van der Waals surface area (Å²) in [5, 5.41) is 2.83. The fourth-order valence-electron chi connectivity index (χ4n) is 2.12. The minimum Gasteiger partial charge on any atom is -0.370 e. The number of carbonyl (C=O) groups is 1. The molecule has 0 radical (unpaired) electrons. The molecule has 0 bridgehead atoms. The molecule has 2 rings (SSSR count). The smallest absolute Gasteiger partial charge is 0.370 e. The van der Waals surface area contributed by atoms with Crippen LogP contribution in [0.2, 0.25) is 0 Å². The summed E-state index contributed by atoms with van der Waals surface area (Å²) in [7, 11) is 0. The third-order valence-corrected chi connectivity index (χ3v) is 3.02. The molecule has 1 atom stereocenters. The van der Waals surface area contributed by atoms with Gasteiger partial charge in [0, 0.05) is 12.1 Å². The minimum atomic E-state index is -4.40. The molecule has 8 heteroatoms. The topological polar surface area (TPSA) is 41.6 Å². The molecule has 0 spiro atoms. The maximum Gasteiger partial charge on any atom is 0.411 e. The SMILES string of the molecule is O=C1CNC(c2ccccc2F)N1CCOCC(F)(F)F. The van der Waals surface area contributed by atoms with Crippen LogP contribution in [0, 0.1) is 5.82 Å². The zero-order valence-electron chi connectivity index (χ0n) is 11.0. The van der Waals surface area contributed by atoms with Gasteiger partial charge in [-0.15, -0.1) is 0 Å². The van der Waals surface area contributed by atoms with Gasteiger partial charge >= 0.3 is 6.18 Å². The van der Waals surface area contributed by atoms with Crippen LogP contribution < -0.4 is 5.32 Å². The van der Waals surface area contributed by atoms with Crippen LogP contribution in [0.5, 0.6) is 0 Å². The molecule has 1 heterocycles. The normalized spacial score (nSPS) is 19.3. The maximum atomic E-state index is 13.7. The zero-order chi connectivity index (χ0) is 15.5. The summed E-state index contributed by atoms with van der Waals surface area (Å²) in [5.41, 5.74) is 0.277. The molecule has 1 saturated heterocycles. The van der Waals surface area contributed by atoms with E-state index in [2.05, 4.69) is 10.1 Å². The molecule has 0 aliphatic carbocycles. The van der Waals surface area contributed by atoms with Crippen LogP contribution >= 0.6 is 0 Å². The summed E-state index contributed by atoms with van der Waals surface area (Å²) >= 11 is 0. The van der Waals surface area contributed by atoms with E-state index >= 15 is 0 Å². The van der Waals surface area contributed by atoms with Crippen LogP contribution in [-0.4, -0.2) is 43.3 Å². The van der Waals surface area contributed by atoms with Gasteiger partial charge in [0.2, 0.25) is 5.91 Å². The zero-order valence-corrected chi connectivity index (χ0v) is 11.0. The maximum absolute atomic E-state index is 13.7. The van der Waals surface area contributed by atoms with Gasteiger partial charge in [0.25, 0.3) is 0 Å². The van der Waals surface area contributed by atoms with Crippen LogP contribution in [0.25, 0.3) is 0 Å². The highest BCUT2D eigenvalue weighted by atomic mass is 19.4. The molecule has 1 aliphatic rings. The van der Waals surface area contributed by atoms with Crippen molar-refractivity contribution in [3.63, 3.8) is 0 Å². The average Bonchev–Trinajstić information content (AvgIpc) is 2.76. The molecule has 1 amide bonds. The summed E-state index contributed by atoms with van der Waals surface area (Å²) in [6.07, 6.45) is -5.09. The van der Waals surface area contributed by atoms with Crippen molar-refractivity contribution in [3.05, 3.63) is 35.6 Å². The van der Waals surface area contributed by atoms with Crippen molar-refractivity contribution in [2.24, 2.45) is 0 Å². The molecule has 0 aromatic heterocycles. The Bertz CT molecular complexity index is 507. The first-order chi connectivity index (χ1) is 9.88. The second-order valence-corrected chi connectivity index (χ2v) is 4.56. The highest BCUT2D eigenvalue weighted by Gasteiger charge is 2.33. The van der Waals surface area contributed by atoms with Gasteiger partial charge in [-0.25, -0.2) is 4.39 Å². The second-order valence-electron chi connectivity index (χ2n) is 4.56. The summed E-state index contributed by atoms with van der Waals surface area (Å²) in [5.74, 6) is -0.787. The Balaban J connectivity index is 1.96. The Hall–Kier alpha value is -1.67. The Morgan fingerprint density at radius 3 is 2.71 bits per heavy atom. The van der Waals surface area contributed by atoms with Crippen molar-refractivity contribution in [2.75, 3.05) is 26.3 Å². The van der Waals surface area contributed by atoms with E-state index in [0.29, 0.717) is 0 Å². The van der Waals surface area contributed by atoms with E-state index < -0.39 is 24.8 Å². The number of benzene rings is 1. The van der Waals surface area contributed by atoms with Crippen molar-refractivity contribution in [1.29, 1.82) is 0 Å². The monoisotopic (exact) mass is 306 g/mol. The van der Waals surface area contributed by atoms with Crippen molar-refractivity contribution < 1.29 is 27.1 Å². The van der Waals surface area contributed by atoms with Crippen LogP contribution in [0.1, 0.15) is 11.7 Å². The lowest BCUT2D eigenvalue weighted by Gasteiger charge is -2.25. The summed E-state index contributed by atoms with van der Waals surface area (Å²) in [6.45, 7) is -1.66. The van der Waals surface area contributed by atoms with Gasteiger partial charge in [0.1, 0.15) is 18.6 Å². The highest BCUT2D eigenvalue weighted by Crippen LogP contribution is 2.24. The molecule has 4 nitrogen and oxygen atoms in total. The lowest BCUT2D eigenvalue weighted by atomic mass is 10.1. The first-order valence-corrected chi connectivity index (χ1v) is 6.30. The summed E-state index contributed by atoms with van der Waals surface area (Å²) < 4.78 is 54.1. The molecule has 1 fully saturated rings. The largest absolute Gasteiger partial charge is 0.411 e. The molecule has 1 N–H and O–H groups in total. The van der Waals surface area contributed by atoms with Crippen molar-refractivity contribution >= 4 is 5.91 Å². The predicted molar refractivity (Wildman–Crippen MR) is 65.7 cm³/mol. The Morgan fingerprint density at radius 1 is 1.33 bits per heavy atom. The molecule has 1 aromatic carbocycles. The van der Waals surface area contributed by atoms with Crippen molar-refractivity contribution in [1.82, 2.24) is 10.2 Å². The fourth-order valence-corrected chi connectivity index (χ4v) is 2.12. The molecule has 0 saturated carbocycles. The van der Waals surface area contributed by atoms with E-state index in [9.17, 15) is 22.4 Å². The van der Waals surface area contributed by atoms with E-state index in [1.54, 1.807) is 6.07 Å². The van der Waals surface area contributed by atoms with Gasteiger partial charge in [-0.05, 0) is 6.07 Å². The summed E-state index contributed by atoms with van der Waals surface area (Å²) in [4.78, 5) is 13.0. The number of carbonyl (C=O) groups excluding carboxylic acids is 1. The van der Waals surface area contributed by atoms with Gasteiger partial charge in [0.05, 0.1) is 13.2 Å². The van der Waals surface area contributed by atoms with E-state index in [0.717, 1.165) is 0 Å². The van der Waals surface area contributed by atoms with E-state index in [4.69, 9.17) is 0 Å². The molecule has 21 heavy (non-hydrogen) atoms. The predicted octanol–water partition coefficient (Wildman–Crippen LogP) is 1.84. The van der Waals surface area contributed by atoms with Gasteiger partial charge in [0.15, 0.2) is 0 Å².